The van der Waals surface area contributed by atoms with Crippen molar-refractivity contribution in [2.24, 2.45) is 11.8 Å². The van der Waals surface area contributed by atoms with Crippen molar-refractivity contribution in [2.75, 3.05) is 0 Å². The summed E-state index contributed by atoms with van der Waals surface area (Å²) in [6.07, 6.45) is 5.51. The molecule has 18 heavy (non-hydrogen) atoms. The number of nitrogens with zero attached hydrogens (tertiary/aromatic N) is 1. The minimum absolute atomic E-state index is 0.0830. The van der Waals surface area contributed by atoms with Crippen LogP contribution in [0.4, 0.5) is 0 Å². The molecular formula is C14H23NO3. The van der Waals surface area contributed by atoms with E-state index in [1.165, 1.54) is 6.42 Å². The van der Waals surface area contributed by atoms with Crippen LogP contribution in [-0.4, -0.2) is 34.0 Å². The highest BCUT2D eigenvalue weighted by atomic mass is 16.4. The number of aliphatic carboxylic acids is 1. The third-order valence-electron chi connectivity index (χ3n) is 4.60. The zero-order chi connectivity index (χ0) is 13.3. The van der Waals surface area contributed by atoms with Gasteiger partial charge in [-0.1, -0.05) is 6.42 Å². The Hall–Kier alpha value is -1.06. The van der Waals surface area contributed by atoms with E-state index in [1.54, 1.807) is 0 Å². The number of carboxylic acids is 1. The maximum absolute atomic E-state index is 12.6. The number of amides is 1. The number of carbonyl (C=O) groups is 2. The van der Waals surface area contributed by atoms with Crippen LogP contribution in [-0.2, 0) is 9.59 Å². The number of likely N-dealkylation sites (tertiary alicyclic amines) is 1. The summed E-state index contributed by atoms with van der Waals surface area (Å²) in [7, 11) is 0. The second-order valence-corrected chi connectivity index (χ2v) is 5.86. The van der Waals surface area contributed by atoms with Gasteiger partial charge < -0.3 is 10.0 Å². The van der Waals surface area contributed by atoms with Gasteiger partial charge in [0.2, 0.25) is 5.91 Å². The number of hydrogen-bond donors (Lipinski definition) is 1. The molecule has 4 atom stereocenters. The Balaban J connectivity index is 2.12. The molecule has 2 aliphatic rings. The van der Waals surface area contributed by atoms with E-state index in [0.29, 0.717) is 6.42 Å². The van der Waals surface area contributed by atoms with Crippen LogP contribution < -0.4 is 0 Å². The number of carbonyl (C=O) groups excluding carboxylic acids is 1. The van der Waals surface area contributed by atoms with Crippen LogP contribution in [0.2, 0.25) is 0 Å². The van der Waals surface area contributed by atoms with Crippen molar-refractivity contribution >= 4 is 11.9 Å². The van der Waals surface area contributed by atoms with Crippen LogP contribution >= 0.6 is 0 Å². The third kappa shape index (κ3) is 2.38. The monoisotopic (exact) mass is 253 g/mol. The molecule has 0 aromatic rings. The average Bonchev–Trinajstić information content (AvgIpc) is 2.77. The van der Waals surface area contributed by atoms with Gasteiger partial charge in [-0.15, -0.1) is 0 Å². The Labute approximate surface area is 108 Å². The summed E-state index contributed by atoms with van der Waals surface area (Å²) in [5, 5.41) is 9.19. The van der Waals surface area contributed by atoms with Gasteiger partial charge >= 0.3 is 5.97 Å². The fourth-order valence-corrected chi connectivity index (χ4v) is 3.60. The molecule has 0 aromatic carbocycles. The highest BCUT2D eigenvalue weighted by Crippen LogP contribution is 2.35. The minimum Gasteiger partial charge on any atom is -0.481 e. The Kier molecular flexibility index (Phi) is 3.93. The normalized spacial score (nSPS) is 36.7. The lowest BCUT2D eigenvalue weighted by molar-refractivity contribution is -0.152. The van der Waals surface area contributed by atoms with E-state index in [0.717, 1.165) is 25.7 Å². The van der Waals surface area contributed by atoms with E-state index < -0.39 is 11.9 Å². The van der Waals surface area contributed by atoms with E-state index in [1.807, 2.05) is 4.90 Å². The summed E-state index contributed by atoms with van der Waals surface area (Å²) in [4.78, 5) is 25.7. The first-order valence-electron chi connectivity index (χ1n) is 7.07. The highest BCUT2D eigenvalue weighted by Gasteiger charge is 2.42. The van der Waals surface area contributed by atoms with Crippen molar-refractivity contribution in [2.45, 2.75) is 64.5 Å². The Bertz CT molecular complexity index is 332. The van der Waals surface area contributed by atoms with E-state index in [4.69, 9.17) is 0 Å². The second-order valence-electron chi connectivity index (χ2n) is 5.86. The van der Waals surface area contributed by atoms with E-state index in [-0.39, 0.29) is 23.9 Å². The average molecular weight is 253 g/mol. The predicted molar refractivity (Wildman–Crippen MR) is 68.1 cm³/mol. The maximum atomic E-state index is 12.6. The molecule has 4 heteroatoms. The van der Waals surface area contributed by atoms with Crippen molar-refractivity contribution in [3.63, 3.8) is 0 Å². The van der Waals surface area contributed by atoms with Crippen molar-refractivity contribution < 1.29 is 14.7 Å². The smallest absolute Gasteiger partial charge is 0.307 e. The lowest BCUT2D eigenvalue weighted by Crippen LogP contribution is -2.50. The Morgan fingerprint density at radius 2 is 1.44 bits per heavy atom. The molecular weight excluding hydrogens is 230 g/mol. The Morgan fingerprint density at radius 1 is 0.944 bits per heavy atom. The van der Waals surface area contributed by atoms with Gasteiger partial charge in [0.25, 0.3) is 0 Å². The first kappa shape index (κ1) is 13.4. The van der Waals surface area contributed by atoms with Crippen molar-refractivity contribution in [3.8, 4) is 0 Å². The highest BCUT2D eigenvalue weighted by molar-refractivity contribution is 5.85. The van der Waals surface area contributed by atoms with Crippen molar-refractivity contribution in [1.29, 1.82) is 0 Å². The summed E-state index contributed by atoms with van der Waals surface area (Å²) >= 11 is 0. The van der Waals surface area contributed by atoms with Crippen molar-refractivity contribution in [3.05, 3.63) is 0 Å². The number of carboxylic acid groups (broad SMARTS) is 1. The molecule has 2 fully saturated rings. The van der Waals surface area contributed by atoms with Crippen LogP contribution in [0.1, 0.15) is 52.4 Å². The molecule has 4 nitrogen and oxygen atoms in total. The molecule has 2 rings (SSSR count). The van der Waals surface area contributed by atoms with Gasteiger partial charge in [0.05, 0.1) is 11.8 Å². The molecule has 1 saturated carbocycles. The van der Waals surface area contributed by atoms with E-state index >= 15 is 0 Å². The standard InChI is InChI=1S/C14H23NO3/c1-9-5-3-6-10(2)15(9)13(16)11-7-4-8-12(11)14(17)18/h9-12H,3-8H2,1-2H3,(H,17,18)/t9-,10+,11-,12+/m1/s1. The van der Waals surface area contributed by atoms with Crippen LogP contribution in [0.15, 0.2) is 0 Å². The lowest BCUT2D eigenvalue weighted by Gasteiger charge is -2.41. The first-order valence-corrected chi connectivity index (χ1v) is 7.07. The molecule has 1 aliphatic heterocycles. The lowest BCUT2D eigenvalue weighted by atomic mass is 9.90. The van der Waals surface area contributed by atoms with Crippen LogP contribution in [0.3, 0.4) is 0 Å². The summed E-state index contributed by atoms with van der Waals surface area (Å²) in [6, 6.07) is 0.521. The summed E-state index contributed by atoms with van der Waals surface area (Å²) in [5.74, 6) is -1.47. The van der Waals surface area contributed by atoms with Gasteiger partial charge in [-0.3, -0.25) is 9.59 Å². The quantitative estimate of drug-likeness (QED) is 0.821. The van der Waals surface area contributed by atoms with Gasteiger partial charge in [-0.25, -0.2) is 0 Å². The number of piperidine rings is 1. The van der Waals surface area contributed by atoms with Gasteiger partial charge in [-0.2, -0.15) is 0 Å². The molecule has 1 amide bonds. The second kappa shape index (κ2) is 5.29. The molecule has 102 valence electrons. The van der Waals surface area contributed by atoms with Crippen LogP contribution in [0, 0.1) is 11.8 Å². The van der Waals surface area contributed by atoms with Gasteiger partial charge in [0.1, 0.15) is 0 Å². The van der Waals surface area contributed by atoms with Crippen LogP contribution in [0.25, 0.3) is 0 Å². The molecule has 1 saturated heterocycles. The molecule has 1 heterocycles. The SMILES string of the molecule is C[C@@H]1CCC[C@H](C)N1C(=O)[C@@H]1CCC[C@@H]1C(=O)O. The Morgan fingerprint density at radius 3 is 2.00 bits per heavy atom. The summed E-state index contributed by atoms with van der Waals surface area (Å²) in [6.45, 7) is 4.16. The fourth-order valence-electron chi connectivity index (χ4n) is 3.60. The topological polar surface area (TPSA) is 57.6 Å². The molecule has 1 N–H and O–H groups in total. The zero-order valence-corrected chi connectivity index (χ0v) is 11.3. The maximum Gasteiger partial charge on any atom is 0.307 e. The first-order chi connectivity index (χ1) is 8.52. The zero-order valence-electron chi connectivity index (χ0n) is 11.3. The van der Waals surface area contributed by atoms with Crippen molar-refractivity contribution in [1.82, 2.24) is 4.90 Å². The largest absolute Gasteiger partial charge is 0.481 e. The van der Waals surface area contributed by atoms with Gasteiger partial charge in [0.15, 0.2) is 0 Å². The summed E-state index contributed by atoms with van der Waals surface area (Å²) < 4.78 is 0. The van der Waals surface area contributed by atoms with E-state index in [9.17, 15) is 14.7 Å². The van der Waals surface area contributed by atoms with Gasteiger partial charge in [0, 0.05) is 12.1 Å². The number of rotatable bonds is 2. The van der Waals surface area contributed by atoms with E-state index in [2.05, 4.69) is 13.8 Å². The predicted octanol–water partition coefficient (Wildman–Crippen LogP) is 2.28. The fraction of sp³-hybridized carbons (Fsp3) is 0.857. The molecule has 0 bridgehead atoms. The number of hydrogen-bond acceptors (Lipinski definition) is 2. The third-order valence-corrected chi connectivity index (χ3v) is 4.60. The van der Waals surface area contributed by atoms with Gasteiger partial charge in [-0.05, 0) is 46.0 Å². The molecule has 0 spiro atoms. The summed E-state index contributed by atoms with van der Waals surface area (Å²) in [5.41, 5.74) is 0. The molecule has 0 aromatic heterocycles. The van der Waals surface area contributed by atoms with Crippen LogP contribution in [0.5, 0.6) is 0 Å². The minimum atomic E-state index is -0.803. The molecule has 0 unspecified atom stereocenters. The molecule has 0 radical (unpaired) electrons. The molecule has 1 aliphatic carbocycles.